The van der Waals surface area contributed by atoms with E-state index in [0.717, 1.165) is 22.7 Å². The number of nitrogens with two attached hydrogens (primary N) is 1. The Morgan fingerprint density at radius 1 is 1.06 bits per heavy atom. The maximum absolute atomic E-state index is 14.3. The van der Waals surface area contributed by atoms with E-state index in [1.165, 1.54) is 12.1 Å². The fourth-order valence-corrected chi connectivity index (χ4v) is 4.11. The molecular weight excluding hydrogens is 423 g/mol. The summed E-state index contributed by atoms with van der Waals surface area (Å²) in [6, 6.07) is 13.0. The fraction of sp³-hybridized carbons (Fsp3) is 0.250. The van der Waals surface area contributed by atoms with Gasteiger partial charge in [0.2, 0.25) is 0 Å². The first-order chi connectivity index (χ1) is 15.3. The van der Waals surface area contributed by atoms with Gasteiger partial charge in [0.15, 0.2) is 11.6 Å². The number of benzene rings is 1. The van der Waals surface area contributed by atoms with Gasteiger partial charge in [-0.25, -0.2) is 9.37 Å². The Labute approximate surface area is 187 Å². The van der Waals surface area contributed by atoms with Gasteiger partial charge in [0, 0.05) is 50.6 Å². The summed E-state index contributed by atoms with van der Waals surface area (Å²) in [5.74, 6) is 0.0926. The topological polar surface area (TPSA) is 75.2 Å². The molecule has 0 spiro atoms. The zero-order valence-electron chi connectivity index (χ0n) is 18.5. The van der Waals surface area contributed by atoms with E-state index in [-0.39, 0.29) is 5.75 Å². The Bertz CT molecular complexity index is 1220. The molecule has 32 heavy (non-hydrogen) atoms. The third-order valence-electron chi connectivity index (χ3n) is 5.11. The molecule has 0 aliphatic carbocycles. The van der Waals surface area contributed by atoms with Gasteiger partial charge in [-0.15, -0.1) is 0 Å². The van der Waals surface area contributed by atoms with Crippen LogP contribution in [-0.2, 0) is 11.5 Å². The minimum Gasteiger partial charge on any atom is -0.453 e. The molecule has 6 nitrogen and oxygen atoms in total. The van der Waals surface area contributed by atoms with Crippen LogP contribution < -0.4 is 10.5 Å². The molecule has 0 bridgehead atoms. The van der Waals surface area contributed by atoms with Crippen LogP contribution in [0.5, 0.6) is 11.5 Å². The Balaban J connectivity index is 1.72. The van der Waals surface area contributed by atoms with E-state index in [4.69, 9.17) is 15.2 Å². The molecule has 3 heterocycles. The highest BCUT2D eigenvalue weighted by molar-refractivity contribution is 6.76. The molecule has 8 heteroatoms. The molecular formula is C24H27FN4O2Si. The standard InChI is InChI=1S/C24H27FN4O2Si/c1-32(2,3)12-11-30-16-29-21(17-5-4-9-27-15-17)14-19-22(8-10-28-24(19)29)31-23-7-6-18(26)13-20(23)25/h4-10,13-15H,11-12,16,26H2,1-3H3. The van der Waals surface area contributed by atoms with Crippen molar-refractivity contribution in [2.45, 2.75) is 32.4 Å². The molecule has 166 valence electrons. The molecule has 0 amide bonds. The number of fused-ring (bicyclic) bond motifs is 1. The number of aromatic nitrogens is 3. The number of ether oxygens (including phenoxy) is 2. The average Bonchev–Trinajstić information content (AvgIpc) is 3.13. The van der Waals surface area contributed by atoms with Gasteiger partial charge < -0.3 is 19.8 Å². The van der Waals surface area contributed by atoms with E-state index >= 15 is 0 Å². The van der Waals surface area contributed by atoms with Crippen LogP contribution in [0.3, 0.4) is 0 Å². The summed E-state index contributed by atoms with van der Waals surface area (Å²) in [6.07, 6.45) is 5.18. The summed E-state index contributed by atoms with van der Waals surface area (Å²) in [5, 5.41) is 0.761. The van der Waals surface area contributed by atoms with Gasteiger partial charge in [0.1, 0.15) is 18.1 Å². The molecule has 0 unspecified atom stereocenters. The summed E-state index contributed by atoms with van der Waals surface area (Å²) in [5.41, 5.74) is 8.54. The maximum atomic E-state index is 14.3. The van der Waals surface area contributed by atoms with Gasteiger partial charge in [-0.3, -0.25) is 4.98 Å². The molecule has 4 aromatic rings. The van der Waals surface area contributed by atoms with E-state index in [2.05, 4.69) is 29.6 Å². The highest BCUT2D eigenvalue weighted by atomic mass is 28.3. The van der Waals surface area contributed by atoms with Crippen LogP contribution in [0.2, 0.25) is 25.7 Å². The highest BCUT2D eigenvalue weighted by Crippen LogP contribution is 2.35. The second kappa shape index (κ2) is 9.10. The molecule has 0 radical (unpaired) electrons. The van der Waals surface area contributed by atoms with Crippen molar-refractivity contribution in [1.29, 1.82) is 0 Å². The molecule has 0 saturated heterocycles. The smallest absolute Gasteiger partial charge is 0.167 e. The number of nitrogens with zero attached hydrogens (tertiary/aromatic N) is 3. The summed E-state index contributed by atoms with van der Waals surface area (Å²) in [6.45, 7) is 8.01. The summed E-state index contributed by atoms with van der Waals surface area (Å²) < 4.78 is 28.3. The van der Waals surface area contributed by atoms with Crippen LogP contribution in [0.1, 0.15) is 0 Å². The zero-order chi connectivity index (χ0) is 22.7. The zero-order valence-corrected chi connectivity index (χ0v) is 19.5. The van der Waals surface area contributed by atoms with E-state index in [1.807, 2.05) is 22.8 Å². The van der Waals surface area contributed by atoms with Gasteiger partial charge in [-0.2, -0.15) is 0 Å². The van der Waals surface area contributed by atoms with Crippen molar-refractivity contribution in [3.8, 4) is 22.8 Å². The minimum atomic E-state index is -1.20. The van der Waals surface area contributed by atoms with E-state index in [9.17, 15) is 4.39 Å². The van der Waals surface area contributed by atoms with Crippen LogP contribution in [0.15, 0.2) is 61.1 Å². The van der Waals surface area contributed by atoms with E-state index < -0.39 is 13.9 Å². The first-order valence-corrected chi connectivity index (χ1v) is 14.2. The molecule has 0 atom stereocenters. The molecule has 1 aromatic carbocycles. The summed E-state index contributed by atoms with van der Waals surface area (Å²) in [7, 11) is -1.20. The van der Waals surface area contributed by atoms with E-state index in [0.29, 0.717) is 30.4 Å². The number of halogens is 1. The maximum Gasteiger partial charge on any atom is 0.167 e. The normalized spacial score (nSPS) is 11.8. The minimum absolute atomic E-state index is 0.105. The Kier molecular flexibility index (Phi) is 6.25. The molecule has 4 rings (SSSR count). The van der Waals surface area contributed by atoms with Gasteiger partial charge in [0.05, 0.1) is 11.1 Å². The largest absolute Gasteiger partial charge is 0.453 e. The molecule has 0 aliphatic heterocycles. The van der Waals surface area contributed by atoms with Crippen LogP contribution in [0, 0.1) is 5.82 Å². The lowest BCUT2D eigenvalue weighted by molar-refractivity contribution is 0.0909. The lowest BCUT2D eigenvalue weighted by Gasteiger charge is -2.16. The Morgan fingerprint density at radius 3 is 2.62 bits per heavy atom. The van der Waals surface area contributed by atoms with E-state index in [1.54, 1.807) is 30.7 Å². The first-order valence-electron chi connectivity index (χ1n) is 10.5. The van der Waals surface area contributed by atoms with Crippen LogP contribution >= 0.6 is 0 Å². The predicted molar refractivity (Wildman–Crippen MR) is 128 cm³/mol. The summed E-state index contributed by atoms with van der Waals surface area (Å²) >= 11 is 0. The number of nitrogen functional groups attached to an aromatic ring is 1. The fourth-order valence-electron chi connectivity index (χ4n) is 3.35. The quantitative estimate of drug-likeness (QED) is 0.205. The van der Waals surface area contributed by atoms with Crippen LogP contribution in [-0.4, -0.2) is 29.2 Å². The van der Waals surface area contributed by atoms with Crippen LogP contribution in [0.4, 0.5) is 10.1 Å². The number of pyridine rings is 2. The van der Waals surface area contributed by atoms with Crippen molar-refractivity contribution in [3.05, 3.63) is 66.9 Å². The molecule has 0 fully saturated rings. The lowest BCUT2D eigenvalue weighted by Crippen LogP contribution is -2.22. The molecule has 3 aromatic heterocycles. The van der Waals surface area contributed by atoms with Crippen molar-refractivity contribution >= 4 is 24.8 Å². The monoisotopic (exact) mass is 450 g/mol. The number of hydrogen-bond acceptors (Lipinski definition) is 5. The average molecular weight is 451 g/mol. The Hall–Kier alpha value is -3.23. The second-order valence-electron chi connectivity index (χ2n) is 8.89. The second-order valence-corrected chi connectivity index (χ2v) is 14.5. The third-order valence-corrected chi connectivity index (χ3v) is 6.81. The van der Waals surface area contributed by atoms with Crippen molar-refractivity contribution < 1.29 is 13.9 Å². The van der Waals surface area contributed by atoms with Crippen molar-refractivity contribution in [1.82, 2.24) is 14.5 Å². The van der Waals surface area contributed by atoms with Crippen molar-refractivity contribution in [3.63, 3.8) is 0 Å². The lowest BCUT2D eigenvalue weighted by atomic mass is 10.2. The van der Waals surface area contributed by atoms with Crippen LogP contribution in [0.25, 0.3) is 22.3 Å². The molecule has 2 N–H and O–H groups in total. The SMILES string of the molecule is C[Si](C)(C)CCOCn1c(-c2cccnc2)cc2c(Oc3ccc(N)cc3F)ccnc21. The van der Waals surface area contributed by atoms with Gasteiger partial charge in [-0.1, -0.05) is 19.6 Å². The van der Waals surface area contributed by atoms with Gasteiger partial charge in [-0.05, 0) is 42.4 Å². The van der Waals surface area contributed by atoms with Gasteiger partial charge in [0.25, 0.3) is 0 Å². The third kappa shape index (κ3) is 4.98. The molecule has 0 aliphatic rings. The first kappa shape index (κ1) is 22.0. The Morgan fingerprint density at radius 2 is 1.91 bits per heavy atom. The van der Waals surface area contributed by atoms with Crippen molar-refractivity contribution in [2.24, 2.45) is 0 Å². The van der Waals surface area contributed by atoms with Gasteiger partial charge >= 0.3 is 0 Å². The number of rotatable bonds is 8. The number of anilines is 1. The predicted octanol–water partition coefficient (Wildman–Crippen LogP) is 5.92. The van der Waals surface area contributed by atoms with Crippen molar-refractivity contribution in [2.75, 3.05) is 12.3 Å². The number of hydrogen-bond donors (Lipinski definition) is 1. The highest BCUT2D eigenvalue weighted by Gasteiger charge is 2.18. The molecule has 0 saturated carbocycles. The summed E-state index contributed by atoms with van der Waals surface area (Å²) in [4.78, 5) is 8.82.